The molecule has 0 spiro atoms. The quantitative estimate of drug-likeness (QED) is 0.713. The molecule has 0 bridgehead atoms. The van der Waals surface area contributed by atoms with Gasteiger partial charge in [0.25, 0.3) is 5.91 Å². The average molecular weight is 405 g/mol. The highest BCUT2D eigenvalue weighted by Gasteiger charge is 2.23. The molecule has 0 aliphatic carbocycles. The number of benzene rings is 2. The Hall–Kier alpha value is -3.48. The number of carbonyl (C=O) groups is 1. The number of carbonyl (C=O) groups excluding carboxylic acids is 1. The maximum Gasteiger partial charge on any atom is 0.253 e. The van der Waals surface area contributed by atoms with Crippen LogP contribution >= 0.6 is 0 Å². The maximum absolute atomic E-state index is 13.1. The van der Waals surface area contributed by atoms with Crippen LogP contribution in [0.1, 0.15) is 21.7 Å². The van der Waals surface area contributed by atoms with E-state index >= 15 is 0 Å². The lowest BCUT2D eigenvalue weighted by molar-refractivity contribution is 0.0746. The average Bonchev–Trinajstić information content (AvgIpc) is 2.75. The summed E-state index contributed by atoms with van der Waals surface area (Å²) in [6.45, 7) is 6.44. The Balaban J connectivity index is 1.42. The smallest absolute Gasteiger partial charge is 0.253 e. The highest BCUT2D eigenvalue weighted by atomic mass is 19.1. The Bertz CT molecular complexity index is 1030. The molecule has 1 saturated heterocycles. The van der Waals surface area contributed by atoms with Gasteiger partial charge in [-0.2, -0.15) is 0 Å². The van der Waals surface area contributed by atoms with Crippen LogP contribution in [0.3, 0.4) is 0 Å². The normalized spacial score (nSPS) is 14.0. The fourth-order valence-corrected chi connectivity index (χ4v) is 3.48. The number of piperazine rings is 1. The first-order valence-corrected chi connectivity index (χ1v) is 9.97. The van der Waals surface area contributed by atoms with Gasteiger partial charge in [0.15, 0.2) is 0 Å². The van der Waals surface area contributed by atoms with Gasteiger partial charge in [0, 0.05) is 43.5 Å². The second-order valence-electron chi connectivity index (χ2n) is 7.44. The van der Waals surface area contributed by atoms with Crippen LogP contribution in [-0.2, 0) is 0 Å². The third kappa shape index (κ3) is 4.56. The van der Waals surface area contributed by atoms with Crippen molar-refractivity contribution in [2.45, 2.75) is 13.8 Å². The van der Waals surface area contributed by atoms with Gasteiger partial charge in [0.05, 0.1) is 0 Å². The number of hydrogen-bond donors (Lipinski definition) is 1. The summed E-state index contributed by atoms with van der Waals surface area (Å²) in [6.07, 6.45) is 0. The SMILES string of the molecule is Cc1ccc(Nc2cc(N3CCN(C(=O)c4ccc(F)cc4)CC3)nc(C)n2)cc1. The molecule has 1 aromatic heterocycles. The molecular weight excluding hydrogens is 381 g/mol. The zero-order chi connectivity index (χ0) is 21.1. The van der Waals surface area contributed by atoms with Gasteiger partial charge < -0.3 is 15.1 Å². The molecule has 0 saturated carbocycles. The molecule has 2 aromatic carbocycles. The number of aromatic nitrogens is 2. The van der Waals surface area contributed by atoms with Crippen LogP contribution in [0.4, 0.5) is 21.7 Å². The molecule has 0 atom stereocenters. The summed E-state index contributed by atoms with van der Waals surface area (Å²) in [7, 11) is 0. The minimum Gasteiger partial charge on any atom is -0.353 e. The predicted molar refractivity (Wildman–Crippen MR) is 116 cm³/mol. The molecule has 4 rings (SSSR count). The lowest BCUT2D eigenvalue weighted by Crippen LogP contribution is -2.49. The molecule has 3 aromatic rings. The van der Waals surface area contributed by atoms with Gasteiger partial charge in [-0.3, -0.25) is 4.79 Å². The third-order valence-corrected chi connectivity index (χ3v) is 5.13. The molecule has 30 heavy (non-hydrogen) atoms. The molecule has 2 heterocycles. The second-order valence-corrected chi connectivity index (χ2v) is 7.44. The number of hydrogen-bond acceptors (Lipinski definition) is 5. The van der Waals surface area contributed by atoms with Gasteiger partial charge in [-0.15, -0.1) is 0 Å². The number of nitrogens with zero attached hydrogens (tertiary/aromatic N) is 4. The zero-order valence-corrected chi connectivity index (χ0v) is 17.1. The first kappa shape index (κ1) is 19.8. The van der Waals surface area contributed by atoms with Crippen LogP contribution in [0.2, 0.25) is 0 Å². The number of amides is 1. The molecule has 1 amide bonds. The number of rotatable bonds is 4. The van der Waals surface area contributed by atoms with Crippen molar-refractivity contribution in [2.75, 3.05) is 36.4 Å². The molecule has 7 heteroatoms. The zero-order valence-electron chi connectivity index (χ0n) is 17.1. The van der Waals surface area contributed by atoms with Gasteiger partial charge in [-0.1, -0.05) is 17.7 Å². The number of nitrogens with one attached hydrogen (secondary N) is 1. The van der Waals surface area contributed by atoms with E-state index in [0.717, 1.165) is 17.3 Å². The molecule has 0 radical (unpaired) electrons. The first-order chi connectivity index (χ1) is 14.5. The number of halogens is 1. The maximum atomic E-state index is 13.1. The van der Waals surface area contributed by atoms with E-state index in [1.807, 2.05) is 25.1 Å². The summed E-state index contributed by atoms with van der Waals surface area (Å²) in [6, 6.07) is 15.8. The van der Waals surface area contributed by atoms with Gasteiger partial charge in [0.2, 0.25) is 0 Å². The number of aryl methyl sites for hydroxylation is 2. The van der Waals surface area contributed by atoms with Crippen molar-refractivity contribution in [3.63, 3.8) is 0 Å². The lowest BCUT2D eigenvalue weighted by Gasteiger charge is -2.35. The molecule has 1 N–H and O–H groups in total. The topological polar surface area (TPSA) is 61.4 Å². The molecule has 1 aliphatic rings. The summed E-state index contributed by atoms with van der Waals surface area (Å²) >= 11 is 0. The van der Waals surface area contributed by atoms with E-state index in [2.05, 4.69) is 39.2 Å². The van der Waals surface area contributed by atoms with E-state index < -0.39 is 0 Å². The molecular formula is C23H24FN5O. The summed E-state index contributed by atoms with van der Waals surface area (Å²) in [5.41, 5.74) is 2.68. The summed E-state index contributed by atoms with van der Waals surface area (Å²) in [5.74, 6) is 1.85. The van der Waals surface area contributed by atoms with Crippen LogP contribution in [0, 0.1) is 19.7 Å². The number of anilines is 3. The molecule has 1 aliphatic heterocycles. The van der Waals surface area contributed by atoms with Gasteiger partial charge in [-0.05, 0) is 50.2 Å². The molecule has 154 valence electrons. The minimum absolute atomic E-state index is 0.0738. The van der Waals surface area contributed by atoms with Gasteiger partial charge in [-0.25, -0.2) is 14.4 Å². The molecule has 6 nitrogen and oxygen atoms in total. The first-order valence-electron chi connectivity index (χ1n) is 9.97. The second kappa shape index (κ2) is 8.49. The van der Waals surface area contributed by atoms with Crippen molar-refractivity contribution >= 4 is 23.2 Å². The van der Waals surface area contributed by atoms with Crippen LogP contribution in [0.15, 0.2) is 54.6 Å². The van der Waals surface area contributed by atoms with E-state index in [1.165, 1.54) is 29.8 Å². The van der Waals surface area contributed by atoms with Crippen molar-refractivity contribution in [2.24, 2.45) is 0 Å². The summed E-state index contributed by atoms with van der Waals surface area (Å²) in [4.78, 5) is 25.7. The largest absolute Gasteiger partial charge is 0.353 e. The van der Waals surface area contributed by atoms with Crippen LogP contribution in [0.5, 0.6) is 0 Å². The Morgan fingerprint density at radius 1 is 0.933 bits per heavy atom. The molecule has 0 unspecified atom stereocenters. The monoisotopic (exact) mass is 405 g/mol. The van der Waals surface area contributed by atoms with Crippen molar-refractivity contribution in [3.05, 3.63) is 77.4 Å². The van der Waals surface area contributed by atoms with E-state index in [-0.39, 0.29) is 11.7 Å². The Morgan fingerprint density at radius 3 is 2.27 bits per heavy atom. The Kier molecular flexibility index (Phi) is 5.61. The van der Waals surface area contributed by atoms with Gasteiger partial charge >= 0.3 is 0 Å². The van der Waals surface area contributed by atoms with Crippen molar-refractivity contribution in [3.8, 4) is 0 Å². The Labute approximate surface area is 175 Å². The summed E-state index contributed by atoms with van der Waals surface area (Å²) in [5, 5.41) is 3.33. The van der Waals surface area contributed by atoms with Crippen molar-refractivity contribution < 1.29 is 9.18 Å². The highest BCUT2D eigenvalue weighted by molar-refractivity contribution is 5.94. The van der Waals surface area contributed by atoms with Crippen LogP contribution < -0.4 is 10.2 Å². The standard InChI is InChI=1S/C23H24FN5O/c1-16-3-9-20(10-4-16)27-21-15-22(26-17(2)25-21)28-11-13-29(14-12-28)23(30)18-5-7-19(24)8-6-18/h3-10,15H,11-14H2,1-2H3,(H,25,26,27). The van der Waals surface area contributed by atoms with E-state index in [9.17, 15) is 9.18 Å². The summed E-state index contributed by atoms with van der Waals surface area (Å²) < 4.78 is 13.1. The van der Waals surface area contributed by atoms with Crippen LogP contribution in [0.25, 0.3) is 0 Å². The Morgan fingerprint density at radius 2 is 1.60 bits per heavy atom. The van der Waals surface area contributed by atoms with E-state index in [0.29, 0.717) is 37.6 Å². The lowest BCUT2D eigenvalue weighted by atomic mass is 10.2. The third-order valence-electron chi connectivity index (χ3n) is 5.13. The van der Waals surface area contributed by atoms with Crippen molar-refractivity contribution in [1.82, 2.24) is 14.9 Å². The van der Waals surface area contributed by atoms with Crippen LogP contribution in [-0.4, -0.2) is 47.0 Å². The molecule has 1 fully saturated rings. The highest BCUT2D eigenvalue weighted by Crippen LogP contribution is 2.22. The fraction of sp³-hybridized carbons (Fsp3) is 0.261. The van der Waals surface area contributed by atoms with E-state index in [4.69, 9.17) is 0 Å². The predicted octanol–water partition coefficient (Wildman–Crippen LogP) is 3.94. The van der Waals surface area contributed by atoms with Gasteiger partial charge in [0.1, 0.15) is 23.3 Å². The van der Waals surface area contributed by atoms with Crippen molar-refractivity contribution in [1.29, 1.82) is 0 Å². The fourth-order valence-electron chi connectivity index (χ4n) is 3.48. The van der Waals surface area contributed by atoms with E-state index in [1.54, 1.807) is 4.90 Å². The minimum atomic E-state index is -0.342.